The summed E-state index contributed by atoms with van der Waals surface area (Å²) >= 11 is 0. The second kappa shape index (κ2) is 10.0. The van der Waals surface area contributed by atoms with Crippen LogP contribution >= 0.6 is 23.5 Å². The third kappa shape index (κ3) is 8.58. The van der Waals surface area contributed by atoms with Gasteiger partial charge in [-0.3, -0.25) is 14.3 Å². The maximum Gasteiger partial charge on any atom is 0.490 e. The minimum Gasteiger partial charge on any atom is -0.394 e. The lowest BCUT2D eigenvalue weighted by atomic mass is 10.1. The number of rotatable bonds is 6. The summed E-state index contributed by atoms with van der Waals surface area (Å²) in [5.41, 5.74) is -1.33. The van der Waals surface area contributed by atoms with Crippen molar-refractivity contribution in [3.63, 3.8) is 0 Å². The van der Waals surface area contributed by atoms with Crippen LogP contribution in [-0.2, 0) is 27.1 Å². The lowest BCUT2D eigenvalue weighted by Crippen LogP contribution is -2.37. The van der Waals surface area contributed by atoms with Crippen LogP contribution in [0, 0.1) is 0 Å². The fourth-order valence-corrected chi connectivity index (χ4v) is 4.56. The molecule has 2 heterocycles. The van der Waals surface area contributed by atoms with Gasteiger partial charge in [0.15, 0.2) is 6.23 Å². The number of ether oxygens (including phenoxy) is 1. The predicted octanol–water partition coefficient (Wildman–Crippen LogP) is -3.55. The SMILES string of the molecule is O=P(O)(O)OP(=O)(O)OP(=O)(O)O.O=c1ccn(C2O[C@H](CO)[C@@H](O)[C@@H]2O)c(=O)[nH]1. The zero-order valence-corrected chi connectivity index (χ0v) is 17.0. The number of phosphoric acid groups is 3. The number of hydrogen-bond acceptors (Lipinski definition) is 11. The van der Waals surface area contributed by atoms with E-state index in [1.807, 2.05) is 4.98 Å². The molecule has 0 aromatic carbocycles. The minimum atomic E-state index is -5.46. The summed E-state index contributed by atoms with van der Waals surface area (Å²) in [6.07, 6.45) is -3.58. The minimum absolute atomic E-state index is 0.479. The summed E-state index contributed by atoms with van der Waals surface area (Å²) < 4.78 is 42.5. The van der Waals surface area contributed by atoms with Gasteiger partial charge in [-0.25, -0.2) is 18.5 Å². The van der Waals surface area contributed by atoms with Gasteiger partial charge in [0, 0.05) is 12.3 Å². The maximum atomic E-state index is 11.4. The van der Waals surface area contributed by atoms with Crippen LogP contribution in [0.2, 0.25) is 0 Å². The summed E-state index contributed by atoms with van der Waals surface area (Å²) in [7, 11) is -16.2. The second-order valence-electron chi connectivity index (χ2n) is 5.36. The predicted molar refractivity (Wildman–Crippen MR) is 90.4 cm³/mol. The van der Waals surface area contributed by atoms with E-state index in [1.165, 1.54) is 0 Å². The molecule has 174 valence electrons. The molecule has 21 heteroatoms. The number of hydrogen-bond donors (Lipinski definition) is 9. The van der Waals surface area contributed by atoms with Crippen LogP contribution in [0.25, 0.3) is 0 Å². The first-order valence-electron chi connectivity index (χ1n) is 7.26. The quantitative estimate of drug-likeness (QED) is 0.170. The van der Waals surface area contributed by atoms with Crippen LogP contribution in [0.1, 0.15) is 6.23 Å². The molecule has 1 fully saturated rings. The molecular formula is C9H17N2O16P3. The van der Waals surface area contributed by atoms with Crippen molar-refractivity contribution in [2.45, 2.75) is 24.5 Å². The molecular weight excluding hydrogens is 485 g/mol. The van der Waals surface area contributed by atoms with Crippen LogP contribution in [0.15, 0.2) is 21.9 Å². The largest absolute Gasteiger partial charge is 0.490 e. The molecule has 0 spiro atoms. The first-order valence-corrected chi connectivity index (χ1v) is 11.8. The highest BCUT2D eigenvalue weighted by atomic mass is 31.3. The fraction of sp³-hybridized carbons (Fsp3) is 0.556. The Morgan fingerprint density at radius 1 is 1.00 bits per heavy atom. The van der Waals surface area contributed by atoms with Crippen LogP contribution < -0.4 is 11.2 Å². The summed E-state index contributed by atoms with van der Waals surface area (Å²) in [5.74, 6) is 0. The van der Waals surface area contributed by atoms with E-state index in [0.717, 1.165) is 16.8 Å². The van der Waals surface area contributed by atoms with Crippen LogP contribution in [-0.4, -0.2) is 74.3 Å². The number of aromatic amines is 1. The zero-order chi connectivity index (χ0) is 23.5. The van der Waals surface area contributed by atoms with Gasteiger partial charge >= 0.3 is 29.2 Å². The summed E-state index contributed by atoms with van der Waals surface area (Å²) in [4.78, 5) is 64.5. The van der Waals surface area contributed by atoms with Crippen molar-refractivity contribution in [2.75, 3.05) is 6.61 Å². The highest BCUT2D eigenvalue weighted by Gasteiger charge is 2.43. The third-order valence-electron chi connectivity index (χ3n) is 3.06. The van der Waals surface area contributed by atoms with Gasteiger partial charge in [-0.05, 0) is 0 Å². The molecule has 1 unspecified atom stereocenters. The van der Waals surface area contributed by atoms with Gasteiger partial charge in [-0.1, -0.05) is 0 Å². The van der Waals surface area contributed by atoms with Gasteiger partial charge in [0.05, 0.1) is 6.61 Å². The zero-order valence-electron chi connectivity index (χ0n) is 14.3. The Hall–Kier alpha value is -1.07. The van der Waals surface area contributed by atoms with E-state index in [9.17, 15) is 33.5 Å². The van der Waals surface area contributed by atoms with E-state index in [4.69, 9.17) is 34.3 Å². The van der Waals surface area contributed by atoms with Gasteiger partial charge in [-0.2, -0.15) is 8.62 Å². The highest BCUT2D eigenvalue weighted by Crippen LogP contribution is 2.64. The van der Waals surface area contributed by atoms with E-state index in [-0.39, 0.29) is 0 Å². The number of aromatic nitrogens is 2. The standard InChI is InChI=1S/C9H12N2O6.H5O10P3/c12-3-4-6(14)7(15)8(17-4)11-2-1-5(13)10-9(11)16;1-11(2,3)9-13(7,8)10-12(4,5)6/h1-2,4,6-8,12,14-15H,3H2,(H,10,13,16);(H,7,8)(H2,1,2,3)(H2,4,5,6)/t4-,6-,7+,8?;/m1./s1. The van der Waals surface area contributed by atoms with Crippen LogP contribution in [0.3, 0.4) is 0 Å². The van der Waals surface area contributed by atoms with Gasteiger partial charge in [-0.15, -0.1) is 0 Å². The molecule has 0 bridgehead atoms. The van der Waals surface area contributed by atoms with Crippen molar-refractivity contribution in [1.29, 1.82) is 0 Å². The molecule has 1 aromatic rings. The maximum absolute atomic E-state index is 11.4. The molecule has 2 rings (SSSR count). The lowest BCUT2D eigenvalue weighted by molar-refractivity contribution is -0.0550. The molecule has 1 aromatic heterocycles. The highest BCUT2D eigenvalue weighted by molar-refractivity contribution is 7.66. The first-order chi connectivity index (χ1) is 13.5. The number of H-pyrrole nitrogens is 1. The molecule has 0 saturated carbocycles. The smallest absolute Gasteiger partial charge is 0.394 e. The van der Waals surface area contributed by atoms with E-state index >= 15 is 0 Å². The number of nitrogens with one attached hydrogen (secondary N) is 1. The third-order valence-corrected chi connectivity index (χ3v) is 6.41. The summed E-state index contributed by atoms with van der Waals surface area (Å²) in [6.45, 7) is -0.479. The average molecular weight is 502 g/mol. The van der Waals surface area contributed by atoms with E-state index in [0.29, 0.717) is 0 Å². The first kappa shape index (κ1) is 27.0. The number of aliphatic hydroxyl groups is 3. The molecule has 9 N–H and O–H groups in total. The number of nitrogens with zero attached hydrogens (tertiary/aromatic N) is 1. The molecule has 1 saturated heterocycles. The van der Waals surface area contributed by atoms with E-state index < -0.39 is 65.9 Å². The topological polar surface area (TPSA) is 296 Å². The van der Waals surface area contributed by atoms with E-state index in [1.54, 1.807) is 0 Å². The molecule has 0 aliphatic carbocycles. The summed E-state index contributed by atoms with van der Waals surface area (Å²) in [6, 6.07) is 1.09. The Morgan fingerprint density at radius 3 is 1.87 bits per heavy atom. The van der Waals surface area contributed by atoms with Gasteiger partial charge < -0.3 is 44.5 Å². The molecule has 1 aliphatic heterocycles. The molecule has 0 amide bonds. The molecule has 0 radical (unpaired) electrons. The Balaban J connectivity index is 0.000000314. The van der Waals surface area contributed by atoms with Crippen molar-refractivity contribution in [2.24, 2.45) is 0 Å². The van der Waals surface area contributed by atoms with E-state index in [2.05, 4.69) is 8.62 Å². The van der Waals surface area contributed by atoms with Crippen molar-refractivity contribution >= 4 is 23.5 Å². The second-order valence-corrected chi connectivity index (χ2v) is 9.57. The number of aliphatic hydroxyl groups excluding tert-OH is 3. The monoisotopic (exact) mass is 502 g/mol. The van der Waals surface area contributed by atoms with Gasteiger partial charge in [0.25, 0.3) is 5.56 Å². The lowest BCUT2D eigenvalue weighted by Gasteiger charge is -2.16. The Kier molecular flexibility index (Phi) is 9.02. The van der Waals surface area contributed by atoms with Gasteiger partial charge in [0.2, 0.25) is 0 Å². The van der Waals surface area contributed by atoms with Crippen LogP contribution in [0.4, 0.5) is 0 Å². The van der Waals surface area contributed by atoms with Crippen molar-refractivity contribution < 1.29 is 66.8 Å². The Bertz CT molecular complexity index is 949. The fourth-order valence-electron chi connectivity index (χ4n) is 2.02. The Morgan fingerprint density at radius 2 is 1.50 bits per heavy atom. The summed E-state index contributed by atoms with van der Waals surface area (Å²) in [5, 5.41) is 28.1. The molecule has 1 aliphatic rings. The van der Waals surface area contributed by atoms with Crippen molar-refractivity contribution in [3.05, 3.63) is 33.1 Å². The molecule has 4 atom stereocenters. The van der Waals surface area contributed by atoms with Crippen molar-refractivity contribution in [3.8, 4) is 0 Å². The normalized spacial score (nSPS) is 24.9. The van der Waals surface area contributed by atoms with Crippen molar-refractivity contribution in [1.82, 2.24) is 9.55 Å². The van der Waals surface area contributed by atoms with Gasteiger partial charge in [0.1, 0.15) is 18.3 Å². The Labute approximate surface area is 165 Å². The average Bonchev–Trinajstić information content (AvgIpc) is 2.79. The molecule has 30 heavy (non-hydrogen) atoms. The molecule has 18 nitrogen and oxygen atoms in total. The van der Waals surface area contributed by atoms with Crippen LogP contribution in [0.5, 0.6) is 0 Å².